The van der Waals surface area contributed by atoms with E-state index in [9.17, 15) is 9.59 Å². The second-order valence-corrected chi connectivity index (χ2v) is 7.85. The van der Waals surface area contributed by atoms with Crippen molar-refractivity contribution in [3.8, 4) is 11.5 Å². The monoisotopic (exact) mass is 440 g/mol. The van der Waals surface area contributed by atoms with Gasteiger partial charge in [0.15, 0.2) is 17.4 Å². The number of piperazine rings is 1. The average molecular weight is 440 g/mol. The van der Waals surface area contributed by atoms with Crippen molar-refractivity contribution >= 4 is 17.8 Å². The maximum absolute atomic E-state index is 12.8. The molecule has 1 fully saturated rings. The molecule has 0 unspecified atom stereocenters. The van der Waals surface area contributed by atoms with Gasteiger partial charge in [0, 0.05) is 32.7 Å². The summed E-state index contributed by atoms with van der Waals surface area (Å²) in [5, 5.41) is 2.78. The summed E-state index contributed by atoms with van der Waals surface area (Å²) >= 11 is 0. The smallest absolute Gasteiger partial charge is 0.320 e. The molecule has 1 saturated heterocycles. The number of methoxy groups -OCH3 is 1. The van der Waals surface area contributed by atoms with Crippen LogP contribution < -0.4 is 14.8 Å². The molecule has 32 heavy (non-hydrogen) atoms. The summed E-state index contributed by atoms with van der Waals surface area (Å²) in [5.74, 6) is 0.312. The highest BCUT2D eigenvalue weighted by molar-refractivity contribution is 6.08. The van der Waals surface area contributed by atoms with Gasteiger partial charge in [-0.2, -0.15) is 0 Å². The molecule has 1 N–H and O–H groups in total. The number of benzene rings is 1. The summed E-state index contributed by atoms with van der Waals surface area (Å²) in [6.45, 7) is 4.04. The molecule has 2 aromatic rings. The van der Waals surface area contributed by atoms with E-state index >= 15 is 0 Å². The molecule has 1 aromatic carbocycles. The van der Waals surface area contributed by atoms with Crippen molar-refractivity contribution in [2.75, 3.05) is 40.1 Å². The maximum Gasteiger partial charge on any atom is 0.320 e. The molecular weight excluding hydrogens is 416 g/mol. The van der Waals surface area contributed by atoms with Crippen molar-refractivity contribution in [3.05, 3.63) is 47.9 Å². The van der Waals surface area contributed by atoms with E-state index in [1.165, 1.54) is 13.4 Å². The SMILES string of the molecule is COC(=O)[C@@H]1C(=O)NC(N2CCN(Cc3ccc4c(c3)OCO4)CC2)=N[C@H]1c1ccco1. The third-order valence-electron chi connectivity index (χ3n) is 5.90. The first kappa shape index (κ1) is 20.4. The third kappa shape index (κ3) is 3.89. The number of rotatable bonds is 4. The number of fused-ring (bicyclic) bond motifs is 1. The van der Waals surface area contributed by atoms with Crippen molar-refractivity contribution in [2.24, 2.45) is 10.9 Å². The maximum atomic E-state index is 12.8. The van der Waals surface area contributed by atoms with Crippen LogP contribution in [0.4, 0.5) is 0 Å². The van der Waals surface area contributed by atoms with Gasteiger partial charge in [0.2, 0.25) is 18.7 Å². The molecule has 1 aromatic heterocycles. The van der Waals surface area contributed by atoms with Crippen LogP contribution in [0.1, 0.15) is 17.4 Å². The van der Waals surface area contributed by atoms with Gasteiger partial charge >= 0.3 is 5.97 Å². The molecule has 0 spiro atoms. The molecule has 0 saturated carbocycles. The van der Waals surface area contributed by atoms with E-state index in [4.69, 9.17) is 18.6 Å². The highest BCUT2D eigenvalue weighted by Gasteiger charge is 2.43. The number of esters is 1. The van der Waals surface area contributed by atoms with E-state index < -0.39 is 23.8 Å². The molecule has 5 rings (SSSR count). The van der Waals surface area contributed by atoms with Crippen molar-refractivity contribution in [2.45, 2.75) is 12.6 Å². The van der Waals surface area contributed by atoms with Crippen molar-refractivity contribution in [1.82, 2.24) is 15.1 Å². The first-order chi connectivity index (χ1) is 15.6. The van der Waals surface area contributed by atoms with E-state index in [0.717, 1.165) is 36.7 Å². The van der Waals surface area contributed by atoms with Gasteiger partial charge in [0.05, 0.1) is 13.4 Å². The van der Waals surface area contributed by atoms with Crippen LogP contribution in [0.2, 0.25) is 0 Å². The minimum Gasteiger partial charge on any atom is -0.468 e. The number of amides is 1. The molecule has 1 amide bonds. The first-order valence-electron chi connectivity index (χ1n) is 10.5. The standard InChI is InChI=1S/C22H24N4O6/c1-29-21(28)18-19(16-3-2-10-30-16)23-22(24-20(18)27)26-8-6-25(7-9-26)12-14-4-5-15-17(11-14)32-13-31-15/h2-5,10-11,18-19H,6-9,12-13H2,1H3,(H,23,24,27)/t18-,19-/m0/s1. The Labute approximate surface area is 184 Å². The predicted molar refractivity (Wildman–Crippen MR) is 112 cm³/mol. The lowest BCUT2D eigenvalue weighted by atomic mass is 9.95. The van der Waals surface area contributed by atoms with Gasteiger partial charge in [-0.15, -0.1) is 0 Å². The fourth-order valence-corrected chi connectivity index (χ4v) is 4.20. The molecule has 3 aliphatic heterocycles. The number of nitrogens with one attached hydrogen (secondary N) is 1. The number of carbonyl (C=O) groups is 2. The molecule has 4 heterocycles. The molecule has 10 nitrogen and oxygen atoms in total. The van der Waals surface area contributed by atoms with Crippen LogP contribution in [0.5, 0.6) is 11.5 Å². The van der Waals surface area contributed by atoms with E-state index in [1.807, 2.05) is 23.1 Å². The summed E-state index contributed by atoms with van der Waals surface area (Å²) in [7, 11) is 1.26. The van der Waals surface area contributed by atoms with Crippen LogP contribution in [0.3, 0.4) is 0 Å². The van der Waals surface area contributed by atoms with Crippen LogP contribution in [-0.4, -0.2) is 67.7 Å². The predicted octanol–water partition coefficient (Wildman–Crippen LogP) is 1.14. The zero-order valence-corrected chi connectivity index (χ0v) is 17.7. The topological polar surface area (TPSA) is 106 Å². The van der Waals surface area contributed by atoms with E-state index in [1.54, 1.807) is 12.1 Å². The molecule has 2 atom stereocenters. The Balaban J connectivity index is 1.26. The molecule has 168 valence electrons. The number of carbonyl (C=O) groups excluding carboxylic acids is 2. The molecule has 0 bridgehead atoms. The first-order valence-corrected chi connectivity index (χ1v) is 10.5. The average Bonchev–Trinajstić information content (AvgIpc) is 3.50. The third-order valence-corrected chi connectivity index (χ3v) is 5.90. The lowest BCUT2D eigenvalue weighted by molar-refractivity contribution is -0.151. The zero-order chi connectivity index (χ0) is 22.1. The minimum absolute atomic E-state index is 0.265. The lowest BCUT2D eigenvalue weighted by Gasteiger charge is -2.38. The number of hydrogen-bond acceptors (Lipinski definition) is 9. The van der Waals surface area contributed by atoms with Gasteiger partial charge in [-0.05, 0) is 29.8 Å². The van der Waals surface area contributed by atoms with Crippen LogP contribution in [0.15, 0.2) is 46.0 Å². The molecule has 0 radical (unpaired) electrons. The number of nitrogens with zero attached hydrogens (tertiary/aromatic N) is 3. The van der Waals surface area contributed by atoms with Gasteiger partial charge < -0.3 is 23.5 Å². The number of aliphatic imine (C=N–C) groups is 1. The lowest BCUT2D eigenvalue weighted by Crippen LogP contribution is -2.57. The second kappa shape index (κ2) is 8.54. The van der Waals surface area contributed by atoms with Gasteiger partial charge in [0.1, 0.15) is 11.8 Å². The Bertz CT molecular complexity index is 1030. The van der Waals surface area contributed by atoms with E-state index in [2.05, 4.69) is 15.2 Å². The van der Waals surface area contributed by atoms with Crippen LogP contribution in [-0.2, 0) is 20.9 Å². The van der Waals surface area contributed by atoms with Crippen molar-refractivity contribution < 1.29 is 28.2 Å². The van der Waals surface area contributed by atoms with E-state index in [-0.39, 0.29) is 6.79 Å². The summed E-state index contributed by atoms with van der Waals surface area (Å²) in [6, 6.07) is 8.66. The molecular formula is C22H24N4O6. The molecule has 10 heteroatoms. The minimum atomic E-state index is -1.08. The highest BCUT2D eigenvalue weighted by Crippen LogP contribution is 2.33. The zero-order valence-electron chi connectivity index (χ0n) is 17.7. The summed E-state index contributed by atoms with van der Waals surface area (Å²) in [4.78, 5) is 34.0. The van der Waals surface area contributed by atoms with Crippen LogP contribution in [0.25, 0.3) is 0 Å². The van der Waals surface area contributed by atoms with Crippen LogP contribution in [0, 0.1) is 5.92 Å². The Morgan fingerprint density at radius 3 is 2.75 bits per heavy atom. The number of ether oxygens (including phenoxy) is 3. The summed E-state index contributed by atoms with van der Waals surface area (Å²) < 4.78 is 21.1. The number of guanidine groups is 1. The van der Waals surface area contributed by atoms with Gasteiger partial charge in [0.25, 0.3) is 0 Å². The quantitative estimate of drug-likeness (QED) is 0.558. The largest absolute Gasteiger partial charge is 0.468 e. The Hall–Kier alpha value is -3.53. The van der Waals surface area contributed by atoms with Gasteiger partial charge in [-0.1, -0.05) is 6.07 Å². The van der Waals surface area contributed by atoms with Crippen molar-refractivity contribution in [1.29, 1.82) is 0 Å². The van der Waals surface area contributed by atoms with Crippen LogP contribution >= 0.6 is 0 Å². The van der Waals surface area contributed by atoms with Gasteiger partial charge in [-0.25, -0.2) is 4.99 Å². The van der Waals surface area contributed by atoms with E-state index in [0.29, 0.717) is 24.8 Å². The highest BCUT2D eigenvalue weighted by atomic mass is 16.7. The number of furan rings is 1. The normalized spacial score (nSPS) is 23.0. The van der Waals surface area contributed by atoms with Gasteiger partial charge in [-0.3, -0.25) is 19.8 Å². The fraction of sp³-hybridized carbons (Fsp3) is 0.409. The molecule has 0 aliphatic carbocycles. The Morgan fingerprint density at radius 2 is 2.00 bits per heavy atom. The summed E-state index contributed by atoms with van der Waals surface area (Å²) in [5.41, 5.74) is 1.16. The fourth-order valence-electron chi connectivity index (χ4n) is 4.20. The van der Waals surface area contributed by atoms with Crippen molar-refractivity contribution in [3.63, 3.8) is 0 Å². The Kier molecular flexibility index (Phi) is 5.44. The second-order valence-electron chi connectivity index (χ2n) is 7.85. The Morgan fingerprint density at radius 1 is 1.19 bits per heavy atom. The number of hydrogen-bond donors (Lipinski definition) is 1. The summed E-state index contributed by atoms with van der Waals surface area (Å²) in [6.07, 6.45) is 1.50. The molecule has 3 aliphatic rings.